The van der Waals surface area contributed by atoms with Gasteiger partial charge in [-0.3, -0.25) is 9.69 Å². The Kier molecular flexibility index (Phi) is 3.73. The number of carbonyl (C=O) groups is 1. The van der Waals surface area contributed by atoms with Crippen LogP contribution in [-0.2, 0) is 9.53 Å². The van der Waals surface area contributed by atoms with Gasteiger partial charge < -0.3 is 9.84 Å². The lowest BCUT2D eigenvalue weighted by Crippen LogP contribution is -2.58. The lowest BCUT2D eigenvalue weighted by atomic mass is 9.90. The van der Waals surface area contributed by atoms with Crippen molar-refractivity contribution >= 4 is 5.97 Å². The van der Waals surface area contributed by atoms with Gasteiger partial charge in [0.2, 0.25) is 0 Å². The zero-order valence-electron chi connectivity index (χ0n) is 10.8. The summed E-state index contributed by atoms with van der Waals surface area (Å²) in [6, 6.07) is 0. The van der Waals surface area contributed by atoms with Gasteiger partial charge in [-0.05, 0) is 52.0 Å². The van der Waals surface area contributed by atoms with E-state index in [1.165, 1.54) is 0 Å². The minimum atomic E-state index is -0.671. The number of piperidine rings is 1. The average molecular weight is 241 g/mol. The molecule has 1 aliphatic carbocycles. The average Bonchev–Trinajstić information content (AvgIpc) is 3.12. The van der Waals surface area contributed by atoms with Crippen molar-refractivity contribution in [3.63, 3.8) is 0 Å². The molecule has 2 fully saturated rings. The van der Waals surface area contributed by atoms with E-state index in [-0.39, 0.29) is 6.10 Å². The second-order valence-corrected chi connectivity index (χ2v) is 5.39. The summed E-state index contributed by atoms with van der Waals surface area (Å²) < 4.78 is 5.65. The molecule has 0 radical (unpaired) electrons. The summed E-state index contributed by atoms with van der Waals surface area (Å²) in [6.07, 6.45) is 4.42. The molecule has 0 aromatic rings. The van der Waals surface area contributed by atoms with Crippen molar-refractivity contribution in [2.45, 2.75) is 51.2 Å². The van der Waals surface area contributed by atoms with E-state index in [4.69, 9.17) is 4.74 Å². The second kappa shape index (κ2) is 4.94. The Hall–Kier alpha value is -0.610. The number of nitrogens with zero attached hydrogens (tertiary/aromatic N) is 1. The van der Waals surface area contributed by atoms with Crippen molar-refractivity contribution in [2.24, 2.45) is 5.92 Å². The van der Waals surface area contributed by atoms with Crippen molar-refractivity contribution in [1.82, 2.24) is 4.90 Å². The number of hydrogen-bond donors (Lipinski definition) is 1. The monoisotopic (exact) mass is 241 g/mol. The molecule has 0 bridgehead atoms. The van der Waals surface area contributed by atoms with E-state index in [0.29, 0.717) is 12.5 Å². The van der Waals surface area contributed by atoms with Crippen LogP contribution >= 0.6 is 0 Å². The molecule has 1 N–H and O–H groups in total. The molecule has 1 saturated heterocycles. The van der Waals surface area contributed by atoms with E-state index in [9.17, 15) is 9.90 Å². The Morgan fingerprint density at radius 1 is 1.47 bits per heavy atom. The van der Waals surface area contributed by atoms with E-state index in [2.05, 4.69) is 4.90 Å². The first-order valence-electron chi connectivity index (χ1n) is 6.69. The number of rotatable bonds is 5. The number of carboxylic acids is 1. The third kappa shape index (κ3) is 2.47. The quantitative estimate of drug-likeness (QED) is 0.796. The van der Waals surface area contributed by atoms with Gasteiger partial charge in [0.15, 0.2) is 0 Å². The Morgan fingerprint density at radius 2 is 2.18 bits per heavy atom. The van der Waals surface area contributed by atoms with Gasteiger partial charge in [0, 0.05) is 13.2 Å². The third-order valence-corrected chi connectivity index (χ3v) is 4.24. The standard InChI is InChI=1S/C13H23NO3/c1-3-17-11-5-4-8-14(9-11)13(2,12(15)16)10-6-7-10/h10-11H,3-9H2,1-2H3,(H,15,16). The molecule has 98 valence electrons. The molecule has 1 saturated carbocycles. The summed E-state index contributed by atoms with van der Waals surface area (Å²) >= 11 is 0. The van der Waals surface area contributed by atoms with Gasteiger partial charge in [0.1, 0.15) is 5.54 Å². The van der Waals surface area contributed by atoms with Crippen molar-refractivity contribution in [3.05, 3.63) is 0 Å². The highest BCUT2D eigenvalue weighted by Crippen LogP contribution is 2.44. The smallest absolute Gasteiger partial charge is 0.324 e. The van der Waals surface area contributed by atoms with Gasteiger partial charge in [-0.15, -0.1) is 0 Å². The second-order valence-electron chi connectivity index (χ2n) is 5.39. The van der Waals surface area contributed by atoms with Gasteiger partial charge in [-0.1, -0.05) is 0 Å². The van der Waals surface area contributed by atoms with Crippen LogP contribution in [0, 0.1) is 5.92 Å². The van der Waals surface area contributed by atoms with E-state index >= 15 is 0 Å². The van der Waals surface area contributed by atoms with Crippen LogP contribution in [0.15, 0.2) is 0 Å². The zero-order valence-corrected chi connectivity index (χ0v) is 10.8. The minimum Gasteiger partial charge on any atom is -0.480 e. The zero-order chi connectivity index (χ0) is 12.5. The fourth-order valence-electron chi connectivity index (χ4n) is 2.95. The molecule has 0 amide bonds. The highest BCUT2D eigenvalue weighted by Gasteiger charge is 2.52. The lowest BCUT2D eigenvalue weighted by Gasteiger charge is -2.43. The number of hydrogen-bond acceptors (Lipinski definition) is 3. The SMILES string of the molecule is CCOC1CCCN(C(C)(C(=O)O)C2CC2)C1. The topological polar surface area (TPSA) is 49.8 Å². The van der Waals surface area contributed by atoms with Crippen molar-refractivity contribution in [1.29, 1.82) is 0 Å². The maximum Gasteiger partial charge on any atom is 0.324 e. The molecule has 2 unspecified atom stereocenters. The third-order valence-electron chi connectivity index (χ3n) is 4.24. The maximum absolute atomic E-state index is 11.6. The normalized spacial score (nSPS) is 29.9. The number of likely N-dealkylation sites (tertiary alicyclic amines) is 1. The molecule has 0 aromatic heterocycles. The molecule has 2 aliphatic rings. The van der Waals surface area contributed by atoms with Crippen molar-refractivity contribution in [3.8, 4) is 0 Å². The summed E-state index contributed by atoms with van der Waals surface area (Å²) in [6.45, 7) is 6.26. The van der Waals surface area contributed by atoms with Gasteiger partial charge >= 0.3 is 5.97 Å². The van der Waals surface area contributed by atoms with E-state index in [1.807, 2.05) is 13.8 Å². The van der Waals surface area contributed by atoms with Crippen LogP contribution in [0.25, 0.3) is 0 Å². The molecule has 0 aromatic carbocycles. The van der Waals surface area contributed by atoms with E-state index < -0.39 is 11.5 Å². The van der Waals surface area contributed by atoms with E-state index in [1.54, 1.807) is 0 Å². The summed E-state index contributed by atoms with van der Waals surface area (Å²) in [5, 5.41) is 9.53. The Bertz CT molecular complexity index is 288. The first-order chi connectivity index (χ1) is 8.09. The molecule has 4 heteroatoms. The van der Waals surface area contributed by atoms with Gasteiger partial charge in [-0.2, -0.15) is 0 Å². The molecule has 2 atom stereocenters. The first kappa shape index (κ1) is 12.8. The van der Waals surface area contributed by atoms with Crippen LogP contribution in [0.5, 0.6) is 0 Å². The lowest BCUT2D eigenvalue weighted by molar-refractivity contribution is -0.155. The summed E-state index contributed by atoms with van der Waals surface area (Å²) in [5.41, 5.74) is -0.671. The predicted octanol–water partition coefficient (Wildman–Crippen LogP) is 1.74. The van der Waals surface area contributed by atoms with Crippen LogP contribution in [0.2, 0.25) is 0 Å². The Balaban J connectivity index is 2.05. The number of carboxylic acid groups (broad SMARTS) is 1. The summed E-state index contributed by atoms with van der Waals surface area (Å²) in [7, 11) is 0. The van der Waals surface area contributed by atoms with Crippen molar-refractivity contribution < 1.29 is 14.6 Å². The number of ether oxygens (including phenoxy) is 1. The van der Waals surface area contributed by atoms with Gasteiger partial charge in [0.25, 0.3) is 0 Å². The minimum absolute atomic E-state index is 0.214. The molecular weight excluding hydrogens is 218 g/mol. The highest BCUT2D eigenvalue weighted by atomic mass is 16.5. The van der Waals surface area contributed by atoms with Gasteiger partial charge in [-0.25, -0.2) is 0 Å². The number of aliphatic carboxylic acids is 1. The Labute approximate surface area is 103 Å². The van der Waals surface area contributed by atoms with E-state index in [0.717, 1.165) is 38.8 Å². The summed E-state index contributed by atoms with van der Waals surface area (Å²) in [4.78, 5) is 13.7. The fraction of sp³-hybridized carbons (Fsp3) is 0.923. The van der Waals surface area contributed by atoms with Crippen molar-refractivity contribution in [2.75, 3.05) is 19.7 Å². The fourth-order valence-corrected chi connectivity index (χ4v) is 2.95. The first-order valence-corrected chi connectivity index (χ1v) is 6.69. The molecule has 1 heterocycles. The van der Waals surface area contributed by atoms with Crippen LogP contribution in [0.3, 0.4) is 0 Å². The Morgan fingerprint density at radius 3 is 2.71 bits per heavy atom. The maximum atomic E-state index is 11.6. The molecule has 17 heavy (non-hydrogen) atoms. The van der Waals surface area contributed by atoms with Crippen LogP contribution in [0.4, 0.5) is 0 Å². The van der Waals surface area contributed by atoms with Crippen LogP contribution < -0.4 is 0 Å². The van der Waals surface area contributed by atoms with Gasteiger partial charge in [0.05, 0.1) is 6.10 Å². The molecule has 1 aliphatic heterocycles. The molecule has 4 nitrogen and oxygen atoms in total. The highest BCUT2D eigenvalue weighted by molar-refractivity contribution is 5.79. The summed E-state index contributed by atoms with van der Waals surface area (Å²) in [5.74, 6) is -0.336. The molecule has 0 spiro atoms. The van der Waals surface area contributed by atoms with Crippen LogP contribution in [-0.4, -0.2) is 47.3 Å². The van der Waals surface area contributed by atoms with Crippen LogP contribution in [0.1, 0.15) is 39.5 Å². The molecule has 2 rings (SSSR count). The largest absolute Gasteiger partial charge is 0.480 e. The predicted molar refractivity (Wildman–Crippen MR) is 65.0 cm³/mol. The molecular formula is C13H23NO3.